The number of aromatic nitrogens is 2. The van der Waals surface area contributed by atoms with Crippen molar-refractivity contribution in [3.05, 3.63) is 17.8 Å². The molecule has 0 bridgehead atoms. The van der Waals surface area contributed by atoms with Crippen LogP contribution in [0, 0.1) is 0 Å². The maximum Gasteiger partial charge on any atom is 0.389 e. The molecular formula is C11H16F3N3O. The Morgan fingerprint density at radius 2 is 2.06 bits per heavy atom. The molecule has 102 valence electrons. The van der Waals surface area contributed by atoms with Crippen LogP contribution in [0.3, 0.4) is 0 Å². The molecule has 1 aromatic rings. The van der Waals surface area contributed by atoms with Crippen LogP contribution >= 0.6 is 0 Å². The number of alkyl halides is 3. The smallest absolute Gasteiger partial charge is 0.389 e. The van der Waals surface area contributed by atoms with Gasteiger partial charge >= 0.3 is 6.18 Å². The van der Waals surface area contributed by atoms with E-state index in [1.54, 1.807) is 12.1 Å². The lowest BCUT2D eigenvalue weighted by molar-refractivity contribution is -0.136. The zero-order valence-electron chi connectivity index (χ0n) is 10.1. The predicted octanol–water partition coefficient (Wildman–Crippen LogP) is 2.31. The minimum absolute atomic E-state index is 0.0131. The number of ether oxygens (including phenoxy) is 1. The van der Waals surface area contributed by atoms with E-state index in [4.69, 9.17) is 4.74 Å². The van der Waals surface area contributed by atoms with Crippen molar-refractivity contribution in [2.24, 2.45) is 0 Å². The lowest BCUT2D eigenvalue weighted by atomic mass is 10.3. The molecule has 0 amide bonds. The second-order valence-electron chi connectivity index (χ2n) is 3.71. The van der Waals surface area contributed by atoms with E-state index in [9.17, 15) is 13.2 Å². The van der Waals surface area contributed by atoms with E-state index in [1.807, 2.05) is 6.92 Å². The first-order valence-corrected chi connectivity index (χ1v) is 5.74. The van der Waals surface area contributed by atoms with Gasteiger partial charge in [-0.1, -0.05) is 6.92 Å². The van der Waals surface area contributed by atoms with Crippen molar-refractivity contribution >= 4 is 0 Å². The number of hydrogen-bond acceptors (Lipinski definition) is 4. The molecule has 0 saturated heterocycles. The number of halogens is 3. The Bertz CT molecular complexity index is 340. The van der Waals surface area contributed by atoms with E-state index in [0.717, 1.165) is 12.2 Å². The van der Waals surface area contributed by atoms with E-state index >= 15 is 0 Å². The Balaban J connectivity index is 2.26. The fourth-order valence-electron chi connectivity index (χ4n) is 1.22. The Kier molecular flexibility index (Phi) is 5.84. The molecule has 0 aromatic carbocycles. The summed E-state index contributed by atoms with van der Waals surface area (Å²) in [5.41, 5.74) is 0.763. The summed E-state index contributed by atoms with van der Waals surface area (Å²) >= 11 is 0. The fourth-order valence-corrected chi connectivity index (χ4v) is 1.22. The second kappa shape index (κ2) is 7.15. The van der Waals surface area contributed by atoms with Gasteiger partial charge in [0.05, 0.1) is 12.3 Å². The first kappa shape index (κ1) is 14.7. The van der Waals surface area contributed by atoms with Gasteiger partial charge in [-0.25, -0.2) is 0 Å². The summed E-state index contributed by atoms with van der Waals surface area (Å²) in [5.74, 6) is 0.248. The Hall–Kier alpha value is -1.37. The molecule has 0 atom stereocenters. The molecule has 0 aliphatic rings. The van der Waals surface area contributed by atoms with Gasteiger partial charge in [0.15, 0.2) is 0 Å². The third-order valence-corrected chi connectivity index (χ3v) is 2.11. The number of nitrogens with one attached hydrogen (secondary N) is 1. The van der Waals surface area contributed by atoms with Crippen LogP contribution in [0.4, 0.5) is 13.2 Å². The fraction of sp³-hybridized carbons (Fsp3) is 0.636. The van der Waals surface area contributed by atoms with Gasteiger partial charge in [-0.15, -0.1) is 5.10 Å². The first-order valence-electron chi connectivity index (χ1n) is 5.74. The van der Waals surface area contributed by atoms with Crippen molar-refractivity contribution < 1.29 is 17.9 Å². The van der Waals surface area contributed by atoms with Crippen LogP contribution in [0.15, 0.2) is 12.1 Å². The highest BCUT2D eigenvalue weighted by atomic mass is 19.4. The highest BCUT2D eigenvalue weighted by Gasteiger charge is 2.26. The van der Waals surface area contributed by atoms with Crippen LogP contribution < -0.4 is 10.1 Å². The third-order valence-electron chi connectivity index (χ3n) is 2.11. The molecule has 0 aliphatic carbocycles. The molecule has 1 rings (SSSR count). The van der Waals surface area contributed by atoms with Crippen LogP contribution in [0.25, 0.3) is 0 Å². The zero-order chi connectivity index (χ0) is 13.4. The van der Waals surface area contributed by atoms with Gasteiger partial charge in [0.25, 0.3) is 0 Å². The molecule has 1 aromatic heterocycles. The van der Waals surface area contributed by atoms with E-state index in [1.165, 1.54) is 0 Å². The van der Waals surface area contributed by atoms with Crippen molar-refractivity contribution in [3.63, 3.8) is 0 Å². The molecule has 0 radical (unpaired) electrons. The minimum Gasteiger partial charge on any atom is -0.477 e. The van der Waals surface area contributed by atoms with Crippen molar-refractivity contribution in [3.8, 4) is 5.88 Å². The summed E-state index contributed by atoms with van der Waals surface area (Å²) in [6.45, 7) is 3.40. The maximum absolute atomic E-state index is 11.9. The quantitative estimate of drug-likeness (QED) is 0.767. The predicted molar refractivity (Wildman–Crippen MR) is 60.2 cm³/mol. The van der Waals surface area contributed by atoms with Crippen molar-refractivity contribution in [1.29, 1.82) is 0 Å². The molecular weight excluding hydrogens is 247 g/mol. The van der Waals surface area contributed by atoms with Crippen LogP contribution in [0.1, 0.15) is 25.5 Å². The molecule has 0 spiro atoms. The molecule has 0 saturated carbocycles. The average molecular weight is 263 g/mol. The van der Waals surface area contributed by atoms with Gasteiger partial charge in [0.2, 0.25) is 5.88 Å². The molecule has 4 nitrogen and oxygen atoms in total. The van der Waals surface area contributed by atoms with Crippen molar-refractivity contribution in [1.82, 2.24) is 15.5 Å². The summed E-state index contributed by atoms with van der Waals surface area (Å²) < 4.78 is 40.7. The highest BCUT2D eigenvalue weighted by Crippen LogP contribution is 2.21. The number of rotatable bonds is 7. The summed E-state index contributed by atoms with van der Waals surface area (Å²) in [5, 5.41) is 10.7. The molecule has 1 N–H and O–H groups in total. The minimum atomic E-state index is -4.13. The molecule has 7 heteroatoms. The average Bonchev–Trinajstić information content (AvgIpc) is 2.32. The highest BCUT2D eigenvalue weighted by molar-refractivity contribution is 5.11. The van der Waals surface area contributed by atoms with Crippen LogP contribution in [-0.4, -0.2) is 29.5 Å². The molecule has 18 heavy (non-hydrogen) atoms. The van der Waals surface area contributed by atoms with Gasteiger partial charge in [0, 0.05) is 19.0 Å². The largest absolute Gasteiger partial charge is 0.477 e. The van der Waals surface area contributed by atoms with Gasteiger partial charge in [-0.2, -0.15) is 18.3 Å². The maximum atomic E-state index is 11.9. The monoisotopic (exact) mass is 263 g/mol. The van der Waals surface area contributed by atoms with Gasteiger partial charge in [-0.05, 0) is 19.0 Å². The lowest BCUT2D eigenvalue weighted by Crippen LogP contribution is -2.13. The van der Waals surface area contributed by atoms with Crippen LogP contribution in [-0.2, 0) is 6.54 Å². The number of hydrogen-bond donors (Lipinski definition) is 1. The topological polar surface area (TPSA) is 47.0 Å². The summed E-state index contributed by atoms with van der Waals surface area (Å²) in [6.07, 6.45) is -5.06. The van der Waals surface area contributed by atoms with Gasteiger partial charge in [0.1, 0.15) is 0 Å². The van der Waals surface area contributed by atoms with Gasteiger partial charge in [-0.3, -0.25) is 0 Å². The van der Waals surface area contributed by atoms with Crippen LogP contribution in [0.2, 0.25) is 0 Å². The van der Waals surface area contributed by atoms with E-state index in [-0.39, 0.29) is 18.9 Å². The van der Waals surface area contributed by atoms with Crippen LogP contribution in [0.5, 0.6) is 5.88 Å². The summed E-state index contributed by atoms with van der Waals surface area (Å²) in [4.78, 5) is 0. The molecule has 1 heterocycles. The Labute approximate surface area is 104 Å². The summed E-state index contributed by atoms with van der Waals surface area (Å²) in [6, 6.07) is 3.34. The standard InChI is InChI=1S/C11H16F3N3O/c1-2-15-8-9-4-5-10(17-16-9)18-7-3-6-11(12,13)14/h4-5,15H,2-3,6-8H2,1H3. The molecule has 0 aliphatic heterocycles. The van der Waals surface area contributed by atoms with E-state index in [0.29, 0.717) is 6.54 Å². The zero-order valence-corrected chi connectivity index (χ0v) is 10.1. The second-order valence-corrected chi connectivity index (χ2v) is 3.71. The molecule has 0 fully saturated rings. The summed E-state index contributed by atoms with van der Waals surface area (Å²) in [7, 11) is 0. The lowest BCUT2D eigenvalue weighted by Gasteiger charge is -2.07. The Morgan fingerprint density at radius 3 is 2.61 bits per heavy atom. The Morgan fingerprint density at radius 1 is 1.28 bits per heavy atom. The van der Waals surface area contributed by atoms with Gasteiger partial charge < -0.3 is 10.1 Å². The third kappa shape index (κ3) is 6.39. The normalized spacial score (nSPS) is 11.6. The van der Waals surface area contributed by atoms with Crippen molar-refractivity contribution in [2.75, 3.05) is 13.2 Å². The van der Waals surface area contributed by atoms with E-state index < -0.39 is 12.6 Å². The number of nitrogens with zero attached hydrogens (tertiary/aromatic N) is 2. The molecule has 0 unspecified atom stereocenters. The SMILES string of the molecule is CCNCc1ccc(OCCCC(F)(F)F)nn1. The van der Waals surface area contributed by atoms with E-state index in [2.05, 4.69) is 15.5 Å². The first-order chi connectivity index (χ1) is 8.51. The van der Waals surface area contributed by atoms with Crippen molar-refractivity contribution in [2.45, 2.75) is 32.5 Å².